The van der Waals surface area contributed by atoms with Crippen LogP contribution in [-0.4, -0.2) is 39.6 Å². The first-order chi connectivity index (χ1) is 14.0. The fourth-order valence-corrected chi connectivity index (χ4v) is 3.10. The second kappa shape index (κ2) is 7.70. The molecular weight excluding hydrogens is 377 g/mol. The molecule has 0 saturated heterocycles. The van der Waals surface area contributed by atoms with Gasteiger partial charge in [-0.05, 0) is 36.8 Å². The summed E-state index contributed by atoms with van der Waals surface area (Å²) in [6.07, 6.45) is -0.341. The molecule has 2 N–H and O–H groups in total. The normalized spacial score (nSPS) is 15.6. The maximum absolute atomic E-state index is 13.3. The molecular formula is C20H18FN5O3. The molecule has 3 aromatic rings. The minimum atomic E-state index is -0.681. The number of hydrogen-bond acceptors (Lipinski definition) is 5. The van der Waals surface area contributed by atoms with E-state index in [9.17, 15) is 14.0 Å². The number of para-hydroxylation sites is 2. The van der Waals surface area contributed by atoms with E-state index >= 15 is 0 Å². The number of rotatable bonds is 5. The molecule has 1 aliphatic heterocycles. The number of hydrogen-bond donors (Lipinski definition) is 2. The number of aromatic nitrogens is 3. The summed E-state index contributed by atoms with van der Waals surface area (Å²) in [6.45, 7) is 1.44. The smallest absolute Gasteiger partial charge is 0.268 e. The molecule has 1 unspecified atom stereocenters. The summed E-state index contributed by atoms with van der Waals surface area (Å²) >= 11 is 0. The van der Waals surface area contributed by atoms with Crippen molar-refractivity contribution in [2.45, 2.75) is 19.4 Å². The largest absolute Gasteiger partial charge is 0.479 e. The molecule has 2 amide bonds. The summed E-state index contributed by atoms with van der Waals surface area (Å²) in [5.41, 5.74) is 1.26. The number of nitrogens with zero attached hydrogens (tertiary/aromatic N) is 3. The van der Waals surface area contributed by atoms with Gasteiger partial charge >= 0.3 is 0 Å². The molecule has 0 saturated carbocycles. The maximum Gasteiger partial charge on any atom is 0.268 e. The van der Waals surface area contributed by atoms with E-state index < -0.39 is 12.0 Å². The molecule has 0 fully saturated rings. The number of carbonyl (C=O) groups excluding carboxylic acids is 2. The lowest BCUT2D eigenvalue weighted by Gasteiger charge is -2.32. The molecule has 2 aromatic carbocycles. The fraction of sp³-hybridized carbons (Fsp3) is 0.200. The third kappa shape index (κ3) is 4.08. The molecule has 1 atom stereocenters. The van der Waals surface area contributed by atoms with E-state index in [0.29, 0.717) is 23.7 Å². The highest BCUT2D eigenvalue weighted by Crippen LogP contribution is 2.33. The standard InChI is InChI=1S/C20H18FN5O3/c1-12-19(28)26(15-7-2-3-8-16(15)29-12)11-18(27)23-20-22-17(24-25-20)10-13-5-4-6-14(21)9-13/h2-9,12H,10-11H2,1H3,(H2,22,23,24,25,27). The zero-order valence-electron chi connectivity index (χ0n) is 15.6. The van der Waals surface area contributed by atoms with Gasteiger partial charge in [0.2, 0.25) is 11.9 Å². The minimum absolute atomic E-state index is 0.0865. The zero-order chi connectivity index (χ0) is 20.4. The van der Waals surface area contributed by atoms with Crippen LogP contribution >= 0.6 is 0 Å². The predicted molar refractivity (Wildman–Crippen MR) is 103 cm³/mol. The fourth-order valence-electron chi connectivity index (χ4n) is 3.10. The molecule has 0 radical (unpaired) electrons. The Morgan fingerprint density at radius 1 is 1.28 bits per heavy atom. The van der Waals surface area contributed by atoms with Gasteiger partial charge in [-0.3, -0.25) is 24.9 Å². The van der Waals surface area contributed by atoms with Crippen molar-refractivity contribution in [3.63, 3.8) is 0 Å². The summed E-state index contributed by atoms with van der Waals surface area (Å²) in [5, 5.41) is 9.24. The van der Waals surface area contributed by atoms with Crippen LogP contribution in [0.15, 0.2) is 48.5 Å². The van der Waals surface area contributed by atoms with Gasteiger partial charge in [0.15, 0.2) is 6.10 Å². The Kier molecular flexibility index (Phi) is 4.94. The molecule has 0 aliphatic carbocycles. The van der Waals surface area contributed by atoms with Crippen LogP contribution in [0.5, 0.6) is 5.75 Å². The Hall–Kier alpha value is -3.75. The highest BCUT2D eigenvalue weighted by Gasteiger charge is 2.32. The van der Waals surface area contributed by atoms with Crippen molar-refractivity contribution in [1.29, 1.82) is 0 Å². The minimum Gasteiger partial charge on any atom is -0.479 e. The van der Waals surface area contributed by atoms with Crippen molar-refractivity contribution in [1.82, 2.24) is 15.2 Å². The second-order valence-electron chi connectivity index (χ2n) is 6.61. The van der Waals surface area contributed by atoms with Gasteiger partial charge in [-0.25, -0.2) is 4.39 Å². The summed E-state index contributed by atoms with van der Waals surface area (Å²) in [5.74, 6) is 0.0258. The summed E-state index contributed by atoms with van der Waals surface area (Å²) in [6, 6.07) is 13.2. The van der Waals surface area contributed by atoms with E-state index in [1.807, 2.05) is 0 Å². The van der Waals surface area contributed by atoms with Crippen molar-refractivity contribution in [2.75, 3.05) is 16.8 Å². The molecule has 1 aliphatic rings. The van der Waals surface area contributed by atoms with Crippen LogP contribution in [0, 0.1) is 5.82 Å². The Morgan fingerprint density at radius 2 is 2.10 bits per heavy atom. The molecule has 2 heterocycles. The van der Waals surface area contributed by atoms with E-state index in [0.717, 1.165) is 5.56 Å². The van der Waals surface area contributed by atoms with Crippen LogP contribution in [-0.2, 0) is 16.0 Å². The van der Waals surface area contributed by atoms with Crippen LogP contribution in [0.2, 0.25) is 0 Å². The van der Waals surface area contributed by atoms with Gasteiger partial charge in [-0.2, -0.15) is 4.98 Å². The van der Waals surface area contributed by atoms with Crippen molar-refractivity contribution in [3.05, 3.63) is 65.7 Å². The number of halogens is 1. The second-order valence-corrected chi connectivity index (χ2v) is 6.61. The number of benzene rings is 2. The number of H-pyrrole nitrogens is 1. The molecule has 148 valence electrons. The number of anilines is 2. The summed E-state index contributed by atoms with van der Waals surface area (Å²) in [4.78, 5) is 30.5. The van der Waals surface area contributed by atoms with E-state index in [2.05, 4.69) is 20.5 Å². The first kappa shape index (κ1) is 18.6. The third-order valence-corrected chi connectivity index (χ3v) is 4.42. The van der Waals surface area contributed by atoms with E-state index in [1.165, 1.54) is 17.0 Å². The van der Waals surface area contributed by atoms with E-state index in [4.69, 9.17) is 4.74 Å². The average Bonchev–Trinajstić information content (AvgIpc) is 3.12. The number of amides is 2. The van der Waals surface area contributed by atoms with Gasteiger partial charge in [0.25, 0.3) is 5.91 Å². The SMILES string of the molecule is CC1Oc2ccccc2N(CC(=O)Nc2n[nH]c(Cc3cccc(F)c3)n2)C1=O. The molecule has 9 heteroatoms. The number of nitrogens with one attached hydrogen (secondary N) is 2. The number of ether oxygens (including phenoxy) is 1. The van der Waals surface area contributed by atoms with Gasteiger partial charge in [0.1, 0.15) is 23.9 Å². The van der Waals surface area contributed by atoms with Gasteiger partial charge in [-0.15, -0.1) is 5.10 Å². The van der Waals surface area contributed by atoms with Crippen LogP contribution in [0.3, 0.4) is 0 Å². The zero-order valence-corrected chi connectivity index (χ0v) is 15.6. The number of carbonyl (C=O) groups is 2. The Balaban J connectivity index is 1.43. The molecule has 0 spiro atoms. The first-order valence-electron chi connectivity index (χ1n) is 9.02. The lowest BCUT2D eigenvalue weighted by Crippen LogP contribution is -2.47. The lowest BCUT2D eigenvalue weighted by atomic mass is 10.1. The quantitative estimate of drug-likeness (QED) is 0.690. The van der Waals surface area contributed by atoms with E-state index in [1.54, 1.807) is 43.3 Å². The molecule has 4 rings (SSSR count). The molecule has 1 aromatic heterocycles. The summed E-state index contributed by atoms with van der Waals surface area (Å²) < 4.78 is 18.9. The maximum atomic E-state index is 13.3. The first-order valence-corrected chi connectivity index (χ1v) is 9.02. The molecule has 8 nitrogen and oxygen atoms in total. The van der Waals surface area contributed by atoms with Gasteiger partial charge in [0, 0.05) is 6.42 Å². The van der Waals surface area contributed by atoms with Crippen LogP contribution in [0.1, 0.15) is 18.3 Å². The topological polar surface area (TPSA) is 100 Å². The van der Waals surface area contributed by atoms with Crippen molar-refractivity contribution in [3.8, 4) is 5.75 Å². The van der Waals surface area contributed by atoms with Crippen LogP contribution < -0.4 is 15.0 Å². The van der Waals surface area contributed by atoms with Crippen molar-refractivity contribution >= 4 is 23.5 Å². The van der Waals surface area contributed by atoms with Gasteiger partial charge in [0.05, 0.1) is 5.69 Å². The molecule has 0 bridgehead atoms. The number of aromatic amines is 1. The van der Waals surface area contributed by atoms with Crippen molar-refractivity contribution in [2.24, 2.45) is 0 Å². The lowest BCUT2D eigenvalue weighted by molar-refractivity contribution is -0.127. The highest BCUT2D eigenvalue weighted by molar-refractivity contribution is 6.05. The number of fused-ring (bicyclic) bond motifs is 1. The third-order valence-electron chi connectivity index (χ3n) is 4.42. The van der Waals surface area contributed by atoms with Gasteiger partial charge in [-0.1, -0.05) is 24.3 Å². The van der Waals surface area contributed by atoms with Crippen LogP contribution in [0.25, 0.3) is 0 Å². The van der Waals surface area contributed by atoms with E-state index in [-0.39, 0.29) is 24.2 Å². The molecule has 29 heavy (non-hydrogen) atoms. The van der Waals surface area contributed by atoms with Crippen LogP contribution in [0.4, 0.5) is 16.0 Å². The Morgan fingerprint density at radius 3 is 2.93 bits per heavy atom. The monoisotopic (exact) mass is 395 g/mol. The van der Waals surface area contributed by atoms with Gasteiger partial charge < -0.3 is 4.74 Å². The average molecular weight is 395 g/mol. The Labute approximate surface area is 165 Å². The van der Waals surface area contributed by atoms with Crippen molar-refractivity contribution < 1.29 is 18.7 Å². The Bertz CT molecular complexity index is 1070. The highest BCUT2D eigenvalue weighted by atomic mass is 19.1. The predicted octanol–water partition coefficient (Wildman–Crippen LogP) is 2.29. The summed E-state index contributed by atoms with van der Waals surface area (Å²) in [7, 11) is 0.